The van der Waals surface area contributed by atoms with Crippen molar-refractivity contribution >= 4 is 35.5 Å². The summed E-state index contributed by atoms with van der Waals surface area (Å²) in [6.45, 7) is 3.32. The fourth-order valence-corrected chi connectivity index (χ4v) is 3.88. The third kappa shape index (κ3) is 7.06. The molecule has 0 saturated carbocycles. The highest BCUT2D eigenvalue weighted by atomic mass is 35.5. The molecule has 2 aromatic carbocycles. The van der Waals surface area contributed by atoms with Gasteiger partial charge >= 0.3 is 17.7 Å². The lowest BCUT2D eigenvalue weighted by Crippen LogP contribution is -2.45. The van der Waals surface area contributed by atoms with Crippen molar-refractivity contribution in [2.24, 2.45) is 5.10 Å². The largest absolute Gasteiger partial charge is 0.502 e. The molecule has 0 unspecified atom stereocenters. The first-order valence-electron chi connectivity index (χ1n) is 11.4. The maximum atomic E-state index is 12.4. The average molecular weight is 564 g/mol. The first kappa shape index (κ1) is 29.0. The summed E-state index contributed by atoms with van der Waals surface area (Å²) in [6, 6.07) is 5.74. The lowest BCUT2D eigenvalue weighted by molar-refractivity contribution is -0.385. The van der Waals surface area contributed by atoms with Crippen LogP contribution < -0.4 is 25.5 Å². The molecule has 39 heavy (non-hydrogen) atoms. The van der Waals surface area contributed by atoms with Crippen LogP contribution in [0.25, 0.3) is 0 Å². The summed E-state index contributed by atoms with van der Waals surface area (Å²) in [5, 5.41) is 40.3. The number of esters is 1. The molecule has 0 saturated heterocycles. The second kappa shape index (κ2) is 12.8. The molecule has 2 amide bonds. The number of nitrogens with one attached hydrogen (secondary N) is 3. The van der Waals surface area contributed by atoms with Gasteiger partial charge in [0.15, 0.2) is 17.7 Å². The zero-order valence-electron chi connectivity index (χ0n) is 21.1. The van der Waals surface area contributed by atoms with Crippen LogP contribution in [0.15, 0.2) is 46.7 Å². The van der Waals surface area contributed by atoms with Crippen molar-refractivity contribution in [2.45, 2.75) is 26.1 Å². The molecule has 0 bridgehead atoms. The molecule has 2 atom stereocenters. The lowest BCUT2D eigenvalue weighted by atomic mass is 9.95. The standard InChI is InChI=1S/C24H26ClN5O9/c1-4-38-18-8-13(21-20(23(33)37-3)12(2)27-24(34)28-21)5-6-17(18)39-11-19(31)29-26-10-14-7-15(25)9-16(22(14)32)30(35)36/h5-10,19,21,29,31-32H,4,11H2,1-3H3,(H2,27,28,34)/b26-10-/t19-,21-/m0/s1. The number of phenols is 1. The van der Waals surface area contributed by atoms with Crippen molar-refractivity contribution in [1.82, 2.24) is 16.1 Å². The minimum absolute atomic E-state index is 0.0187. The van der Waals surface area contributed by atoms with Crippen molar-refractivity contribution in [3.63, 3.8) is 0 Å². The third-order valence-electron chi connectivity index (χ3n) is 5.38. The molecule has 0 fully saturated rings. The Labute approximate surface area is 227 Å². The van der Waals surface area contributed by atoms with E-state index in [1.807, 2.05) is 0 Å². The second-order valence-corrected chi connectivity index (χ2v) is 8.47. The van der Waals surface area contributed by atoms with Crippen LogP contribution in [0.2, 0.25) is 5.02 Å². The molecule has 3 rings (SSSR count). The van der Waals surface area contributed by atoms with Crippen LogP contribution in [0.5, 0.6) is 17.2 Å². The summed E-state index contributed by atoms with van der Waals surface area (Å²) in [5.41, 5.74) is 2.84. The smallest absolute Gasteiger partial charge is 0.337 e. The summed E-state index contributed by atoms with van der Waals surface area (Å²) in [5.74, 6) is -0.697. The van der Waals surface area contributed by atoms with Gasteiger partial charge in [0.05, 0.1) is 36.5 Å². The summed E-state index contributed by atoms with van der Waals surface area (Å²) < 4.78 is 16.2. The Kier molecular flexibility index (Phi) is 9.52. The van der Waals surface area contributed by atoms with Gasteiger partial charge in [0.2, 0.25) is 5.75 Å². The number of methoxy groups -OCH3 is 1. The molecule has 14 nitrogen and oxygen atoms in total. The number of carbonyl (C=O) groups is 2. The Balaban J connectivity index is 1.72. The molecule has 1 aliphatic heterocycles. The summed E-state index contributed by atoms with van der Waals surface area (Å²) in [7, 11) is 1.24. The number of aliphatic hydroxyl groups excluding tert-OH is 1. The average Bonchev–Trinajstić information content (AvgIpc) is 2.88. The maximum absolute atomic E-state index is 12.4. The van der Waals surface area contributed by atoms with Gasteiger partial charge in [0.1, 0.15) is 6.61 Å². The predicted octanol–water partition coefficient (Wildman–Crippen LogP) is 2.47. The molecule has 5 N–H and O–H groups in total. The highest BCUT2D eigenvalue weighted by molar-refractivity contribution is 6.31. The number of aliphatic hydroxyl groups is 1. The van der Waals surface area contributed by atoms with Gasteiger partial charge in [-0.1, -0.05) is 17.7 Å². The highest BCUT2D eigenvalue weighted by Gasteiger charge is 2.32. The normalized spacial score (nSPS) is 15.8. The Bertz CT molecular complexity index is 1330. The molecule has 0 spiro atoms. The van der Waals surface area contributed by atoms with E-state index in [0.717, 1.165) is 12.3 Å². The van der Waals surface area contributed by atoms with Gasteiger partial charge in [0.25, 0.3) is 0 Å². The zero-order valence-corrected chi connectivity index (χ0v) is 21.8. The molecule has 0 aliphatic carbocycles. The number of urea groups is 1. The fraction of sp³-hybridized carbons (Fsp3) is 0.292. The molecule has 15 heteroatoms. The summed E-state index contributed by atoms with van der Waals surface area (Å²) in [4.78, 5) is 34.7. The molecule has 2 aromatic rings. The van der Waals surface area contributed by atoms with Crippen molar-refractivity contribution < 1.29 is 38.9 Å². The number of rotatable bonds is 11. The fourth-order valence-electron chi connectivity index (χ4n) is 3.66. The number of carbonyl (C=O) groups excluding carboxylic acids is 2. The van der Waals surface area contributed by atoms with Crippen LogP contribution >= 0.6 is 11.6 Å². The minimum atomic E-state index is -1.33. The quantitative estimate of drug-likeness (QED) is 0.0890. The molecule has 208 valence electrons. The number of allylic oxidation sites excluding steroid dienone is 1. The number of nitro groups is 1. The Morgan fingerprint density at radius 2 is 2.05 bits per heavy atom. The third-order valence-corrected chi connectivity index (χ3v) is 5.60. The van der Waals surface area contributed by atoms with Crippen molar-refractivity contribution in [3.8, 4) is 17.2 Å². The van der Waals surface area contributed by atoms with E-state index in [1.54, 1.807) is 32.0 Å². The van der Waals surface area contributed by atoms with E-state index in [9.17, 15) is 29.9 Å². The van der Waals surface area contributed by atoms with E-state index < -0.39 is 40.6 Å². The highest BCUT2D eigenvalue weighted by Crippen LogP contribution is 2.35. The van der Waals surface area contributed by atoms with Crippen LogP contribution in [0.4, 0.5) is 10.5 Å². The number of nitrogens with zero attached hydrogens (tertiary/aromatic N) is 2. The Morgan fingerprint density at radius 1 is 1.31 bits per heavy atom. The van der Waals surface area contributed by atoms with Gasteiger partial charge in [-0.05, 0) is 37.6 Å². The Hall–Kier alpha value is -4.56. The van der Waals surface area contributed by atoms with E-state index in [0.29, 0.717) is 11.3 Å². The predicted molar refractivity (Wildman–Crippen MR) is 139 cm³/mol. The molecular weight excluding hydrogens is 538 g/mol. The number of benzene rings is 2. The zero-order chi connectivity index (χ0) is 28.7. The van der Waals surface area contributed by atoms with Gasteiger partial charge in [-0.3, -0.25) is 15.5 Å². The van der Waals surface area contributed by atoms with Gasteiger partial charge in [-0.15, -0.1) is 0 Å². The van der Waals surface area contributed by atoms with Gasteiger partial charge in [0, 0.05) is 22.3 Å². The van der Waals surface area contributed by atoms with Crippen molar-refractivity contribution in [2.75, 3.05) is 20.3 Å². The number of ether oxygens (including phenoxy) is 3. The first-order valence-corrected chi connectivity index (χ1v) is 11.8. The first-order chi connectivity index (χ1) is 18.5. The summed E-state index contributed by atoms with van der Waals surface area (Å²) >= 11 is 5.84. The number of amides is 2. The number of hydrogen-bond donors (Lipinski definition) is 5. The molecular formula is C24H26ClN5O9. The molecule has 1 aliphatic rings. The lowest BCUT2D eigenvalue weighted by Gasteiger charge is -2.28. The van der Waals surface area contributed by atoms with Crippen LogP contribution in [0.1, 0.15) is 31.0 Å². The van der Waals surface area contributed by atoms with Crippen LogP contribution in [0.3, 0.4) is 0 Å². The number of halogens is 1. The van der Waals surface area contributed by atoms with Crippen LogP contribution in [-0.2, 0) is 9.53 Å². The van der Waals surface area contributed by atoms with E-state index >= 15 is 0 Å². The number of hydrazone groups is 1. The molecule has 0 radical (unpaired) electrons. The number of phenolic OH excluding ortho intramolecular Hbond substituents is 1. The number of hydrogen-bond acceptors (Lipinski definition) is 11. The maximum Gasteiger partial charge on any atom is 0.337 e. The van der Waals surface area contributed by atoms with Crippen LogP contribution in [-0.4, -0.2) is 59.9 Å². The van der Waals surface area contributed by atoms with Gasteiger partial charge in [-0.2, -0.15) is 5.10 Å². The van der Waals surface area contributed by atoms with E-state index in [1.165, 1.54) is 13.2 Å². The van der Waals surface area contributed by atoms with Gasteiger partial charge < -0.3 is 35.1 Å². The van der Waals surface area contributed by atoms with E-state index in [4.69, 9.17) is 25.8 Å². The minimum Gasteiger partial charge on any atom is -0.502 e. The second-order valence-electron chi connectivity index (χ2n) is 8.03. The number of nitro benzene ring substituents is 1. The summed E-state index contributed by atoms with van der Waals surface area (Å²) in [6.07, 6.45) is -0.272. The van der Waals surface area contributed by atoms with E-state index in [2.05, 4.69) is 21.2 Å². The van der Waals surface area contributed by atoms with Crippen molar-refractivity contribution in [3.05, 3.63) is 67.9 Å². The topological polar surface area (TPSA) is 194 Å². The molecule has 0 aromatic heterocycles. The van der Waals surface area contributed by atoms with E-state index in [-0.39, 0.29) is 40.9 Å². The van der Waals surface area contributed by atoms with Crippen LogP contribution in [0, 0.1) is 10.1 Å². The van der Waals surface area contributed by atoms with Crippen molar-refractivity contribution in [1.29, 1.82) is 0 Å². The number of aromatic hydroxyl groups is 1. The van der Waals surface area contributed by atoms with Gasteiger partial charge in [-0.25, -0.2) is 9.59 Å². The molecule has 1 heterocycles. The Morgan fingerprint density at radius 3 is 2.72 bits per heavy atom. The SMILES string of the molecule is CCOc1cc([C@@H]2NC(=O)NC(C)=C2C(=O)OC)ccc1OC[C@H](O)N/N=C\c1cc(Cl)cc([N+](=O)[O-])c1O. The monoisotopic (exact) mass is 563 g/mol.